The van der Waals surface area contributed by atoms with Crippen LogP contribution < -0.4 is 10.4 Å². The summed E-state index contributed by atoms with van der Waals surface area (Å²) in [5, 5.41) is 9.42. The maximum Gasteiger partial charge on any atom is 0.348 e. The summed E-state index contributed by atoms with van der Waals surface area (Å²) in [6.45, 7) is 4.79. The molecule has 6 aromatic rings. The van der Waals surface area contributed by atoms with Gasteiger partial charge in [-0.1, -0.05) is 73.5 Å². The number of ether oxygens (including phenoxy) is 1. The molecule has 7 nitrogen and oxygen atoms in total. The number of benzene rings is 4. The molecular weight excluding hydrogens is 498 g/mol. The van der Waals surface area contributed by atoms with E-state index in [0.29, 0.717) is 23.9 Å². The molecule has 6 rings (SSSR count). The normalized spacial score (nSPS) is 11.2. The molecule has 0 aliphatic carbocycles. The van der Waals surface area contributed by atoms with Crippen LogP contribution in [0.25, 0.3) is 38.9 Å². The van der Waals surface area contributed by atoms with Gasteiger partial charge in [0.1, 0.15) is 17.9 Å². The van der Waals surface area contributed by atoms with Crippen LogP contribution in [0.5, 0.6) is 5.75 Å². The Labute approximate surface area is 231 Å². The van der Waals surface area contributed by atoms with Crippen LogP contribution in [0.1, 0.15) is 30.9 Å². The fourth-order valence-corrected chi connectivity index (χ4v) is 4.90. The zero-order valence-corrected chi connectivity index (χ0v) is 22.3. The van der Waals surface area contributed by atoms with Crippen LogP contribution in [0.15, 0.2) is 95.8 Å². The van der Waals surface area contributed by atoms with E-state index in [1.54, 1.807) is 9.25 Å². The van der Waals surface area contributed by atoms with Crippen LogP contribution in [-0.4, -0.2) is 31.2 Å². The predicted octanol–water partition coefficient (Wildman–Crippen LogP) is 5.98. The summed E-state index contributed by atoms with van der Waals surface area (Å²) in [5.41, 5.74) is 6.66. The predicted molar refractivity (Wildman–Crippen MR) is 158 cm³/mol. The number of terminal acetylenes is 1. The van der Waals surface area contributed by atoms with E-state index in [-0.39, 0.29) is 12.3 Å². The minimum absolute atomic E-state index is 0.154. The first-order valence-corrected chi connectivity index (χ1v) is 13.1. The Hall–Kier alpha value is -5.22. The smallest absolute Gasteiger partial charge is 0.348 e. The second-order valence-corrected chi connectivity index (χ2v) is 9.94. The Bertz CT molecular complexity index is 1950. The average molecular weight is 526 g/mol. The van der Waals surface area contributed by atoms with E-state index < -0.39 is 0 Å². The van der Waals surface area contributed by atoms with Crippen molar-refractivity contribution in [1.82, 2.24) is 24.5 Å². The van der Waals surface area contributed by atoms with E-state index in [4.69, 9.17) is 11.2 Å². The van der Waals surface area contributed by atoms with Crippen molar-refractivity contribution in [3.05, 3.63) is 113 Å². The van der Waals surface area contributed by atoms with Crippen molar-refractivity contribution in [3.8, 4) is 35.0 Å². The van der Waals surface area contributed by atoms with Gasteiger partial charge in [0.05, 0.1) is 29.0 Å². The Morgan fingerprint density at radius 1 is 0.925 bits per heavy atom. The van der Waals surface area contributed by atoms with Crippen LogP contribution in [-0.2, 0) is 6.54 Å². The summed E-state index contributed by atoms with van der Waals surface area (Å²) >= 11 is 0. The number of rotatable bonds is 7. The Balaban J connectivity index is 1.45. The summed E-state index contributed by atoms with van der Waals surface area (Å²) in [4.78, 5) is 18.1. The lowest BCUT2D eigenvalue weighted by Crippen LogP contribution is -2.24. The minimum atomic E-state index is -0.329. The molecule has 0 atom stereocenters. The SMILES string of the molecule is C#CCOc1ccc2c(c1)c(-c1ccc(C(C)C)cc1)nc(=O)n2Cc1cccc(-n2nnc3ccccc32)c1. The monoisotopic (exact) mass is 525 g/mol. The Kier molecular flexibility index (Phi) is 6.59. The maximum absolute atomic E-state index is 13.5. The molecule has 0 saturated carbocycles. The Morgan fingerprint density at radius 3 is 2.55 bits per heavy atom. The third-order valence-corrected chi connectivity index (χ3v) is 6.97. The van der Waals surface area contributed by atoms with Crippen LogP contribution in [0.3, 0.4) is 0 Å². The highest BCUT2D eigenvalue weighted by Crippen LogP contribution is 2.30. The van der Waals surface area contributed by atoms with Gasteiger partial charge in [-0.25, -0.2) is 9.48 Å². The lowest BCUT2D eigenvalue weighted by atomic mass is 9.99. The van der Waals surface area contributed by atoms with Crippen LogP contribution in [0.2, 0.25) is 0 Å². The number of hydrogen-bond donors (Lipinski definition) is 0. The summed E-state index contributed by atoms with van der Waals surface area (Å²) in [5.74, 6) is 3.53. The largest absolute Gasteiger partial charge is 0.481 e. The molecule has 0 spiro atoms. The zero-order valence-electron chi connectivity index (χ0n) is 22.3. The zero-order chi connectivity index (χ0) is 27.6. The molecular formula is C33H27N5O2. The van der Waals surface area contributed by atoms with Crippen LogP contribution in [0, 0.1) is 12.3 Å². The van der Waals surface area contributed by atoms with Crippen molar-refractivity contribution in [3.63, 3.8) is 0 Å². The van der Waals surface area contributed by atoms with Crippen LogP contribution in [0.4, 0.5) is 0 Å². The van der Waals surface area contributed by atoms with Crippen molar-refractivity contribution < 1.29 is 4.74 Å². The summed E-state index contributed by atoms with van der Waals surface area (Å²) in [7, 11) is 0. The minimum Gasteiger partial charge on any atom is -0.481 e. The molecule has 0 fully saturated rings. The number of nitrogens with zero attached hydrogens (tertiary/aromatic N) is 5. The quantitative estimate of drug-likeness (QED) is 0.240. The second-order valence-electron chi connectivity index (χ2n) is 9.94. The van der Waals surface area contributed by atoms with E-state index in [9.17, 15) is 4.79 Å². The highest BCUT2D eigenvalue weighted by atomic mass is 16.5. The molecule has 0 radical (unpaired) electrons. The van der Waals surface area contributed by atoms with Crippen molar-refractivity contribution in [1.29, 1.82) is 0 Å². The van der Waals surface area contributed by atoms with E-state index in [1.165, 1.54) is 5.56 Å². The van der Waals surface area contributed by atoms with Crippen molar-refractivity contribution in [2.45, 2.75) is 26.3 Å². The van der Waals surface area contributed by atoms with Gasteiger partial charge >= 0.3 is 5.69 Å². The lowest BCUT2D eigenvalue weighted by molar-refractivity contribution is 0.371. The molecule has 4 aromatic carbocycles. The molecule has 0 N–H and O–H groups in total. The van der Waals surface area contributed by atoms with Crippen molar-refractivity contribution in [2.24, 2.45) is 0 Å². The topological polar surface area (TPSA) is 74.8 Å². The highest BCUT2D eigenvalue weighted by Gasteiger charge is 2.15. The first kappa shape index (κ1) is 25.1. The number of fused-ring (bicyclic) bond motifs is 2. The highest BCUT2D eigenvalue weighted by molar-refractivity contribution is 5.93. The van der Waals surface area contributed by atoms with Gasteiger partial charge in [-0.3, -0.25) is 4.57 Å². The summed E-state index contributed by atoms with van der Waals surface area (Å²) in [6, 6.07) is 29.6. The number of hydrogen-bond acceptors (Lipinski definition) is 5. The third kappa shape index (κ3) is 4.72. The standard InChI is InChI=1S/C33H27N5O2/c1-4-18-40-27-16-17-30-28(20-27)32(25-14-12-24(13-15-25)22(2)3)34-33(39)37(30)21-23-8-7-9-26(19-23)38-31-11-6-5-10-29(31)35-36-38/h1,5-17,19-20,22H,18,21H2,2-3H3. The third-order valence-electron chi connectivity index (χ3n) is 6.97. The molecule has 0 aliphatic rings. The lowest BCUT2D eigenvalue weighted by Gasteiger charge is -2.15. The first-order valence-electron chi connectivity index (χ1n) is 13.1. The molecule has 0 saturated heterocycles. The van der Waals surface area contributed by atoms with Gasteiger partial charge in [-0.05, 0) is 59.5 Å². The van der Waals surface area contributed by atoms with Gasteiger partial charge in [-0.2, -0.15) is 4.98 Å². The fourth-order valence-electron chi connectivity index (χ4n) is 4.90. The van der Waals surface area contributed by atoms with Crippen molar-refractivity contribution in [2.75, 3.05) is 6.61 Å². The molecule has 2 heterocycles. The van der Waals surface area contributed by atoms with Gasteiger partial charge in [0.15, 0.2) is 0 Å². The Morgan fingerprint density at radius 2 is 1.75 bits per heavy atom. The average Bonchev–Trinajstić information content (AvgIpc) is 3.42. The molecule has 0 amide bonds. The van der Waals surface area contributed by atoms with Crippen molar-refractivity contribution >= 4 is 21.9 Å². The van der Waals surface area contributed by atoms with Gasteiger partial charge < -0.3 is 4.74 Å². The molecule has 196 valence electrons. The molecule has 0 unspecified atom stereocenters. The fraction of sp³-hybridized carbons (Fsp3) is 0.152. The van der Waals surface area contributed by atoms with Gasteiger partial charge in [0, 0.05) is 10.9 Å². The number of aromatic nitrogens is 5. The number of para-hydroxylation sites is 1. The van der Waals surface area contributed by atoms with E-state index >= 15 is 0 Å². The first-order chi connectivity index (χ1) is 19.5. The van der Waals surface area contributed by atoms with E-state index in [0.717, 1.165) is 38.8 Å². The van der Waals surface area contributed by atoms with E-state index in [2.05, 4.69) is 47.2 Å². The second kappa shape index (κ2) is 10.5. The molecule has 0 aliphatic heterocycles. The van der Waals surface area contributed by atoms with Crippen LogP contribution >= 0.6 is 0 Å². The summed E-state index contributed by atoms with van der Waals surface area (Å²) < 4.78 is 9.21. The van der Waals surface area contributed by atoms with Gasteiger partial charge in [0.25, 0.3) is 0 Å². The molecule has 2 aromatic heterocycles. The molecule has 7 heteroatoms. The van der Waals surface area contributed by atoms with Gasteiger partial charge in [-0.15, -0.1) is 11.5 Å². The van der Waals surface area contributed by atoms with E-state index in [1.807, 2.05) is 78.9 Å². The molecule has 40 heavy (non-hydrogen) atoms. The van der Waals surface area contributed by atoms with Gasteiger partial charge in [0.2, 0.25) is 0 Å². The maximum atomic E-state index is 13.5. The molecule has 0 bridgehead atoms. The summed E-state index contributed by atoms with van der Waals surface area (Å²) in [6.07, 6.45) is 5.41.